The van der Waals surface area contributed by atoms with Gasteiger partial charge in [-0.3, -0.25) is 0 Å². The average Bonchev–Trinajstić information content (AvgIpc) is 2.67. The van der Waals surface area contributed by atoms with Crippen LogP contribution in [0.5, 0.6) is 0 Å². The second-order valence-corrected chi connectivity index (χ2v) is 5.05. The van der Waals surface area contributed by atoms with Crippen molar-refractivity contribution in [1.29, 1.82) is 0 Å². The summed E-state index contributed by atoms with van der Waals surface area (Å²) in [5.74, 6) is 0.907. The van der Waals surface area contributed by atoms with E-state index in [0.29, 0.717) is 5.41 Å². The maximum absolute atomic E-state index is 6.03. The van der Waals surface area contributed by atoms with E-state index in [1.54, 1.807) is 0 Å². The second kappa shape index (κ2) is 5.75. The van der Waals surface area contributed by atoms with Crippen molar-refractivity contribution in [2.24, 2.45) is 17.1 Å². The summed E-state index contributed by atoms with van der Waals surface area (Å²) >= 11 is 0. The molecule has 1 fully saturated rings. The van der Waals surface area contributed by atoms with Gasteiger partial charge in [0.2, 0.25) is 0 Å². The van der Waals surface area contributed by atoms with Gasteiger partial charge in [-0.25, -0.2) is 0 Å². The van der Waals surface area contributed by atoms with Crippen LogP contribution in [0.4, 0.5) is 0 Å². The molecule has 0 saturated heterocycles. The van der Waals surface area contributed by atoms with Gasteiger partial charge >= 0.3 is 0 Å². The smallest absolute Gasteiger partial charge is 0.00179 e. The fraction of sp³-hybridized carbons (Fsp3) is 1.00. The van der Waals surface area contributed by atoms with E-state index in [1.807, 2.05) is 0 Å². The van der Waals surface area contributed by atoms with Gasteiger partial charge in [0.25, 0.3) is 0 Å². The molecule has 1 saturated carbocycles. The molecule has 2 N–H and O–H groups in total. The lowest BCUT2D eigenvalue weighted by molar-refractivity contribution is 0.152. The third-order valence-corrected chi connectivity index (χ3v) is 4.15. The molecule has 1 rings (SSSR count). The van der Waals surface area contributed by atoms with Crippen molar-refractivity contribution in [3.8, 4) is 0 Å². The van der Waals surface area contributed by atoms with Crippen LogP contribution in [0.3, 0.4) is 0 Å². The van der Waals surface area contributed by atoms with Crippen molar-refractivity contribution in [3.05, 3.63) is 0 Å². The summed E-state index contributed by atoms with van der Waals surface area (Å²) in [6.45, 7) is 5.54. The molecule has 1 aliphatic carbocycles. The molecule has 0 aliphatic heterocycles. The van der Waals surface area contributed by atoms with E-state index in [1.165, 1.54) is 51.4 Å². The van der Waals surface area contributed by atoms with E-state index >= 15 is 0 Å². The Hall–Kier alpha value is -0.0400. The fourth-order valence-electron chi connectivity index (χ4n) is 3.31. The third-order valence-electron chi connectivity index (χ3n) is 4.15. The number of hydrogen-bond donors (Lipinski definition) is 1. The van der Waals surface area contributed by atoms with Gasteiger partial charge in [-0.15, -0.1) is 0 Å². The van der Waals surface area contributed by atoms with Crippen molar-refractivity contribution in [2.75, 3.05) is 6.54 Å². The topological polar surface area (TPSA) is 26.0 Å². The molecule has 14 heavy (non-hydrogen) atoms. The first-order valence-corrected chi connectivity index (χ1v) is 6.49. The third kappa shape index (κ3) is 2.50. The molecule has 0 radical (unpaired) electrons. The maximum Gasteiger partial charge on any atom is -0.00179 e. The van der Waals surface area contributed by atoms with E-state index in [4.69, 9.17) is 5.73 Å². The van der Waals surface area contributed by atoms with Crippen LogP contribution in [0.2, 0.25) is 0 Å². The Labute approximate surface area is 89.5 Å². The van der Waals surface area contributed by atoms with Crippen LogP contribution in [-0.2, 0) is 0 Å². The summed E-state index contributed by atoms with van der Waals surface area (Å²) in [6.07, 6.45) is 11.1. The maximum atomic E-state index is 6.03. The quantitative estimate of drug-likeness (QED) is 0.690. The lowest BCUT2D eigenvalue weighted by atomic mass is 9.70. The number of nitrogens with two attached hydrogens (primary N) is 1. The minimum absolute atomic E-state index is 0.534. The molecule has 1 nitrogen and oxygen atoms in total. The fourth-order valence-corrected chi connectivity index (χ4v) is 3.31. The minimum atomic E-state index is 0.534. The molecule has 0 aromatic heterocycles. The van der Waals surface area contributed by atoms with E-state index in [0.717, 1.165) is 12.5 Å². The molecule has 0 aromatic carbocycles. The molecule has 1 aliphatic rings. The Kier molecular flexibility index (Phi) is 4.94. The van der Waals surface area contributed by atoms with Crippen LogP contribution in [0, 0.1) is 11.3 Å². The van der Waals surface area contributed by atoms with Crippen molar-refractivity contribution in [1.82, 2.24) is 0 Å². The molecule has 0 amide bonds. The van der Waals surface area contributed by atoms with Gasteiger partial charge in [0.1, 0.15) is 0 Å². The highest BCUT2D eigenvalue weighted by molar-refractivity contribution is 4.91. The van der Waals surface area contributed by atoms with Gasteiger partial charge in [0.15, 0.2) is 0 Å². The summed E-state index contributed by atoms with van der Waals surface area (Å²) in [5, 5.41) is 0. The van der Waals surface area contributed by atoms with Crippen LogP contribution in [0.1, 0.15) is 65.2 Å². The predicted octanol–water partition coefficient (Wildman–Crippen LogP) is 3.72. The zero-order valence-corrected chi connectivity index (χ0v) is 10.0. The first-order chi connectivity index (χ1) is 6.79. The van der Waals surface area contributed by atoms with E-state index in [-0.39, 0.29) is 0 Å². The molecular weight excluding hydrogens is 170 g/mol. The van der Waals surface area contributed by atoms with Gasteiger partial charge in [0, 0.05) is 0 Å². The summed E-state index contributed by atoms with van der Waals surface area (Å²) in [4.78, 5) is 0. The summed E-state index contributed by atoms with van der Waals surface area (Å²) in [7, 11) is 0. The van der Waals surface area contributed by atoms with Gasteiger partial charge < -0.3 is 5.73 Å². The van der Waals surface area contributed by atoms with Crippen LogP contribution in [0.15, 0.2) is 0 Å². The number of hydrogen-bond acceptors (Lipinski definition) is 1. The van der Waals surface area contributed by atoms with Crippen molar-refractivity contribution in [2.45, 2.75) is 65.2 Å². The van der Waals surface area contributed by atoms with Crippen molar-refractivity contribution in [3.63, 3.8) is 0 Å². The Balaban J connectivity index is 2.61. The SMILES string of the molecule is CCCC(CCC)C1(CN)CCCC1. The van der Waals surface area contributed by atoms with Gasteiger partial charge in [0.05, 0.1) is 0 Å². The van der Waals surface area contributed by atoms with Crippen LogP contribution < -0.4 is 5.73 Å². The van der Waals surface area contributed by atoms with Gasteiger partial charge in [-0.1, -0.05) is 52.4 Å². The molecule has 0 spiro atoms. The van der Waals surface area contributed by atoms with Gasteiger partial charge in [-0.2, -0.15) is 0 Å². The highest BCUT2D eigenvalue weighted by atomic mass is 14.6. The van der Waals surface area contributed by atoms with Crippen molar-refractivity contribution < 1.29 is 0 Å². The molecule has 0 bridgehead atoms. The second-order valence-electron chi connectivity index (χ2n) is 5.05. The molecule has 0 heterocycles. The lowest BCUT2D eigenvalue weighted by Crippen LogP contribution is -2.35. The lowest BCUT2D eigenvalue weighted by Gasteiger charge is -2.36. The molecule has 1 heteroatoms. The van der Waals surface area contributed by atoms with Crippen molar-refractivity contribution >= 4 is 0 Å². The van der Waals surface area contributed by atoms with E-state index in [2.05, 4.69) is 13.8 Å². The molecule has 84 valence electrons. The summed E-state index contributed by atoms with van der Waals surface area (Å²) in [5.41, 5.74) is 6.56. The Bertz CT molecular complexity index is 141. The zero-order chi connectivity index (χ0) is 10.4. The zero-order valence-electron chi connectivity index (χ0n) is 10.0. The summed E-state index contributed by atoms with van der Waals surface area (Å²) < 4.78 is 0. The molecular formula is C13H27N. The highest BCUT2D eigenvalue weighted by Gasteiger charge is 2.38. The van der Waals surface area contributed by atoms with E-state index < -0.39 is 0 Å². The molecule has 0 aromatic rings. The largest absolute Gasteiger partial charge is 0.330 e. The standard InChI is InChI=1S/C13H27N/c1-3-7-12(8-4-2)13(11-14)9-5-6-10-13/h12H,3-11,14H2,1-2H3. The highest BCUT2D eigenvalue weighted by Crippen LogP contribution is 2.46. The molecule has 0 atom stereocenters. The van der Waals surface area contributed by atoms with Gasteiger partial charge in [-0.05, 0) is 30.7 Å². The number of rotatable bonds is 6. The predicted molar refractivity (Wildman–Crippen MR) is 63.3 cm³/mol. The first kappa shape index (κ1) is 12.0. The monoisotopic (exact) mass is 197 g/mol. The Morgan fingerprint density at radius 3 is 1.93 bits per heavy atom. The average molecular weight is 197 g/mol. The van der Waals surface area contributed by atoms with Crippen LogP contribution in [0.25, 0.3) is 0 Å². The Morgan fingerprint density at radius 2 is 1.57 bits per heavy atom. The molecule has 0 unspecified atom stereocenters. The minimum Gasteiger partial charge on any atom is -0.330 e. The normalized spacial score (nSPS) is 20.6. The Morgan fingerprint density at radius 1 is 1.07 bits per heavy atom. The summed E-state index contributed by atoms with van der Waals surface area (Å²) in [6, 6.07) is 0. The van der Waals surface area contributed by atoms with E-state index in [9.17, 15) is 0 Å². The van der Waals surface area contributed by atoms with Crippen LogP contribution in [-0.4, -0.2) is 6.54 Å². The van der Waals surface area contributed by atoms with Crippen LogP contribution >= 0.6 is 0 Å². The first-order valence-electron chi connectivity index (χ1n) is 6.49.